The van der Waals surface area contributed by atoms with Crippen LogP contribution in [0.15, 0.2) is 70.9 Å². The first-order chi connectivity index (χ1) is 16.7. The van der Waals surface area contributed by atoms with E-state index < -0.39 is 9.73 Å². The molecule has 0 fully saturated rings. The fraction of sp³-hybridized carbons (Fsp3) is 0.182. The monoisotopic (exact) mass is 531 g/mol. The summed E-state index contributed by atoms with van der Waals surface area (Å²) in [5, 5.41) is 31.3. The van der Waals surface area contributed by atoms with Crippen LogP contribution < -0.4 is 5.32 Å². The quantitative estimate of drug-likeness (QED) is 0.258. The third kappa shape index (κ3) is 6.11. The number of halogens is 1. The van der Waals surface area contributed by atoms with Crippen LogP contribution in [0, 0.1) is 10.6 Å². The number of hydrogen-bond donors (Lipinski definition) is 3. The van der Waals surface area contributed by atoms with Gasteiger partial charge in [-0.1, -0.05) is 41.8 Å². The van der Waals surface area contributed by atoms with Gasteiger partial charge in [-0.2, -0.15) is 0 Å². The zero-order valence-corrected chi connectivity index (χ0v) is 21.1. The van der Waals surface area contributed by atoms with Gasteiger partial charge in [-0.25, -0.2) is 13.4 Å². The Kier molecular flexibility index (Phi) is 7.60. The van der Waals surface area contributed by atoms with Gasteiger partial charge in [0, 0.05) is 40.3 Å². The van der Waals surface area contributed by atoms with E-state index in [0.29, 0.717) is 49.6 Å². The van der Waals surface area contributed by atoms with Crippen LogP contribution >= 0.6 is 23.1 Å². The molecule has 3 N–H and O–H groups in total. The second-order valence-corrected chi connectivity index (χ2v) is 11.6. The molecule has 182 valence electrons. The van der Waals surface area contributed by atoms with E-state index in [0.717, 1.165) is 5.56 Å². The topological polar surface area (TPSA) is 130 Å². The van der Waals surface area contributed by atoms with Crippen LogP contribution in [0.2, 0.25) is 0 Å². The molecule has 35 heavy (non-hydrogen) atoms. The highest BCUT2D eigenvalue weighted by Crippen LogP contribution is 2.29. The molecule has 2 aromatic carbocycles. The molecule has 2 aromatic heterocycles. The first-order valence-corrected chi connectivity index (χ1v) is 14.1. The van der Waals surface area contributed by atoms with E-state index in [1.165, 1.54) is 41.5 Å². The minimum absolute atomic E-state index is 0.0926. The van der Waals surface area contributed by atoms with E-state index in [1.54, 1.807) is 41.0 Å². The second kappa shape index (κ2) is 10.6. The molecule has 0 saturated carbocycles. The Morgan fingerprint density at radius 2 is 1.83 bits per heavy atom. The number of nitrogens with zero attached hydrogens (tertiary/aromatic N) is 5. The molecule has 4 rings (SSSR count). The number of aliphatic hydroxyl groups excluding tert-OH is 1. The molecule has 9 nitrogen and oxygen atoms in total. The van der Waals surface area contributed by atoms with Gasteiger partial charge in [0.05, 0.1) is 16.3 Å². The maximum Gasteiger partial charge on any atom is 0.210 e. The molecule has 0 saturated heterocycles. The van der Waals surface area contributed by atoms with Crippen molar-refractivity contribution in [2.75, 3.05) is 23.9 Å². The van der Waals surface area contributed by atoms with Crippen molar-refractivity contribution in [1.29, 1.82) is 4.78 Å². The highest BCUT2D eigenvalue weighted by atomic mass is 32.2. The smallest absolute Gasteiger partial charge is 0.210 e. The number of thioether (sulfide) groups is 1. The molecule has 0 aliphatic heterocycles. The zero-order chi connectivity index (χ0) is 25.0. The molecule has 1 atom stereocenters. The van der Waals surface area contributed by atoms with Crippen molar-refractivity contribution in [1.82, 2.24) is 25.0 Å². The summed E-state index contributed by atoms with van der Waals surface area (Å²) < 4.78 is 34.6. The standard InChI is InChI=1S/C22H22FN7O2S3/c1-14(25-21-28-27-20(34-21)16-5-9-18(10-6-16)35(2,24)32)13-33-22-29-26-19(30(22)11-12-31)15-3-7-17(23)8-4-15/h3-10,24,31H,1,11-13H2,2H3,(H,25,28). The largest absolute Gasteiger partial charge is 0.395 e. The van der Waals surface area contributed by atoms with Crippen LogP contribution in [0.1, 0.15) is 0 Å². The van der Waals surface area contributed by atoms with Crippen molar-refractivity contribution in [3.8, 4) is 22.0 Å². The molecule has 0 aliphatic carbocycles. The molecule has 2 heterocycles. The van der Waals surface area contributed by atoms with Crippen molar-refractivity contribution in [3.63, 3.8) is 0 Å². The summed E-state index contributed by atoms with van der Waals surface area (Å²) in [6.07, 6.45) is 1.38. The summed E-state index contributed by atoms with van der Waals surface area (Å²) in [5.41, 5.74) is 2.19. The lowest BCUT2D eigenvalue weighted by atomic mass is 10.2. The molecular weight excluding hydrogens is 509 g/mol. The molecule has 0 aliphatic rings. The number of anilines is 1. The number of aromatic nitrogens is 5. The fourth-order valence-electron chi connectivity index (χ4n) is 3.10. The van der Waals surface area contributed by atoms with Gasteiger partial charge in [-0.05, 0) is 36.4 Å². The predicted octanol–water partition coefficient (Wildman–Crippen LogP) is 4.35. The molecule has 13 heteroatoms. The Morgan fingerprint density at radius 3 is 2.49 bits per heavy atom. The van der Waals surface area contributed by atoms with Gasteiger partial charge in [-0.15, -0.1) is 20.4 Å². The number of rotatable bonds is 10. The van der Waals surface area contributed by atoms with Crippen molar-refractivity contribution in [2.45, 2.75) is 16.6 Å². The van der Waals surface area contributed by atoms with Crippen molar-refractivity contribution >= 4 is 38.0 Å². The normalized spacial score (nSPS) is 12.9. The van der Waals surface area contributed by atoms with E-state index in [4.69, 9.17) is 4.78 Å². The van der Waals surface area contributed by atoms with Gasteiger partial charge in [0.25, 0.3) is 0 Å². The van der Waals surface area contributed by atoms with Gasteiger partial charge >= 0.3 is 0 Å². The number of benzene rings is 2. The van der Waals surface area contributed by atoms with Crippen molar-refractivity contribution in [3.05, 3.63) is 66.6 Å². The van der Waals surface area contributed by atoms with E-state index in [-0.39, 0.29) is 12.4 Å². The molecule has 4 aromatic rings. The zero-order valence-electron chi connectivity index (χ0n) is 18.6. The Morgan fingerprint density at radius 1 is 1.14 bits per heavy atom. The Bertz CT molecular complexity index is 1430. The molecule has 0 radical (unpaired) electrons. The molecule has 0 spiro atoms. The lowest BCUT2D eigenvalue weighted by molar-refractivity contribution is 0.272. The summed E-state index contributed by atoms with van der Waals surface area (Å²) in [6, 6.07) is 12.8. The summed E-state index contributed by atoms with van der Waals surface area (Å²) >= 11 is 2.74. The van der Waals surface area contributed by atoms with Crippen LogP contribution in [0.3, 0.4) is 0 Å². The molecular formula is C22H22FN7O2S3. The minimum Gasteiger partial charge on any atom is -0.395 e. The lowest BCUT2D eigenvalue weighted by Crippen LogP contribution is -2.07. The molecule has 0 bridgehead atoms. The fourth-order valence-corrected chi connectivity index (χ4v) is 5.35. The number of nitrogens with one attached hydrogen (secondary N) is 2. The summed E-state index contributed by atoms with van der Waals surface area (Å²) in [6.45, 7) is 4.25. The minimum atomic E-state index is -2.76. The Labute approximate surface area is 210 Å². The average Bonchev–Trinajstić information content (AvgIpc) is 3.45. The third-order valence-corrected chi connectivity index (χ3v) is 7.89. The summed E-state index contributed by atoms with van der Waals surface area (Å²) in [5.74, 6) is 0.671. The van der Waals surface area contributed by atoms with Crippen LogP contribution in [0.4, 0.5) is 9.52 Å². The number of aliphatic hydroxyl groups is 1. The average molecular weight is 532 g/mol. The van der Waals surface area contributed by atoms with Crippen LogP contribution in [-0.4, -0.2) is 52.9 Å². The van der Waals surface area contributed by atoms with Crippen molar-refractivity contribution < 1.29 is 13.7 Å². The van der Waals surface area contributed by atoms with Gasteiger partial charge < -0.3 is 10.4 Å². The number of hydrogen-bond acceptors (Lipinski definition) is 10. The molecule has 1 unspecified atom stereocenters. The van der Waals surface area contributed by atoms with E-state index in [9.17, 15) is 13.7 Å². The SMILES string of the molecule is C=C(CSc1nnc(-c2ccc(F)cc2)n1CCO)Nc1nnc(-c2ccc(S(C)(=N)=O)cc2)s1. The predicted molar refractivity (Wildman–Crippen MR) is 136 cm³/mol. The maximum atomic E-state index is 13.3. The van der Waals surface area contributed by atoms with Crippen LogP contribution in [0.25, 0.3) is 22.0 Å². The Balaban J connectivity index is 1.40. The molecule has 0 amide bonds. The highest BCUT2D eigenvalue weighted by Gasteiger charge is 2.15. The summed E-state index contributed by atoms with van der Waals surface area (Å²) in [7, 11) is -2.76. The van der Waals surface area contributed by atoms with E-state index in [2.05, 4.69) is 32.3 Å². The van der Waals surface area contributed by atoms with E-state index in [1.807, 2.05) is 0 Å². The van der Waals surface area contributed by atoms with Crippen molar-refractivity contribution in [2.24, 2.45) is 0 Å². The van der Waals surface area contributed by atoms with Gasteiger partial charge in [0.1, 0.15) is 10.8 Å². The van der Waals surface area contributed by atoms with Crippen LogP contribution in [-0.2, 0) is 16.3 Å². The van der Waals surface area contributed by atoms with Gasteiger partial charge in [-0.3, -0.25) is 4.57 Å². The maximum absolute atomic E-state index is 13.3. The first kappa shape index (κ1) is 25.0. The van der Waals surface area contributed by atoms with Crippen LogP contribution in [0.5, 0.6) is 0 Å². The highest BCUT2D eigenvalue weighted by molar-refractivity contribution is 7.99. The van der Waals surface area contributed by atoms with Gasteiger partial charge in [0.15, 0.2) is 11.0 Å². The first-order valence-electron chi connectivity index (χ1n) is 10.3. The van der Waals surface area contributed by atoms with Gasteiger partial charge in [0.2, 0.25) is 5.13 Å². The third-order valence-electron chi connectivity index (χ3n) is 4.78. The van der Waals surface area contributed by atoms with E-state index >= 15 is 0 Å². The Hall–Kier alpha value is -3.13. The lowest BCUT2D eigenvalue weighted by Gasteiger charge is -2.09. The second-order valence-electron chi connectivity index (χ2n) is 7.49. The summed E-state index contributed by atoms with van der Waals surface area (Å²) in [4.78, 5) is 0.464.